The Morgan fingerprint density at radius 1 is 1.45 bits per heavy atom. The van der Waals surface area contributed by atoms with Gasteiger partial charge >= 0.3 is 0 Å². The summed E-state index contributed by atoms with van der Waals surface area (Å²) in [5, 5.41) is 8.66. The Hall–Kier alpha value is -1.53. The SMILES string of the molecule is CNC(=O)c1cccc(CCNC(=O)C2CSCN2)c1. The third kappa shape index (κ3) is 3.98. The van der Waals surface area contributed by atoms with Gasteiger partial charge in [0.15, 0.2) is 0 Å². The van der Waals surface area contributed by atoms with E-state index in [9.17, 15) is 9.59 Å². The lowest BCUT2D eigenvalue weighted by atomic mass is 10.1. The first-order valence-electron chi connectivity index (χ1n) is 6.60. The molecule has 1 fully saturated rings. The van der Waals surface area contributed by atoms with Crippen molar-refractivity contribution >= 4 is 23.6 Å². The molecular weight excluding hydrogens is 274 g/mol. The molecule has 3 N–H and O–H groups in total. The standard InChI is InChI=1S/C14H19N3O2S/c1-15-13(18)11-4-2-3-10(7-11)5-6-16-14(19)12-8-20-9-17-12/h2-4,7,12,17H,5-6,8-9H2,1H3,(H,15,18)(H,16,19). The van der Waals surface area contributed by atoms with E-state index in [2.05, 4.69) is 16.0 Å². The highest BCUT2D eigenvalue weighted by Crippen LogP contribution is 2.09. The van der Waals surface area contributed by atoms with Crippen molar-refractivity contribution in [2.24, 2.45) is 0 Å². The third-order valence-corrected chi connectivity index (χ3v) is 4.10. The fraction of sp³-hybridized carbons (Fsp3) is 0.429. The average Bonchev–Trinajstić information content (AvgIpc) is 3.01. The Labute approximate surface area is 122 Å². The van der Waals surface area contributed by atoms with E-state index < -0.39 is 0 Å². The normalized spacial score (nSPS) is 17.8. The van der Waals surface area contributed by atoms with E-state index >= 15 is 0 Å². The minimum Gasteiger partial charge on any atom is -0.355 e. The summed E-state index contributed by atoms with van der Waals surface area (Å²) in [7, 11) is 1.61. The molecule has 1 aromatic rings. The molecule has 0 bridgehead atoms. The smallest absolute Gasteiger partial charge is 0.251 e. The molecule has 0 aliphatic carbocycles. The lowest BCUT2D eigenvalue weighted by Gasteiger charge is -2.10. The van der Waals surface area contributed by atoms with Gasteiger partial charge in [-0.3, -0.25) is 14.9 Å². The zero-order valence-electron chi connectivity index (χ0n) is 11.4. The maximum absolute atomic E-state index is 11.8. The molecule has 1 atom stereocenters. The van der Waals surface area contributed by atoms with Gasteiger partial charge in [-0.2, -0.15) is 0 Å². The molecule has 0 saturated carbocycles. The van der Waals surface area contributed by atoms with Crippen molar-refractivity contribution in [2.75, 3.05) is 25.2 Å². The highest BCUT2D eigenvalue weighted by atomic mass is 32.2. The number of carbonyl (C=O) groups is 2. The molecule has 1 aromatic carbocycles. The number of carbonyl (C=O) groups excluding carboxylic acids is 2. The molecule has 1 unspecified atom stereocenters. The van der Waals surface area contributed by atoms with E-state index in [0.29, 0.717) is 12.1 Å². The second kappa shape index (κ2) is 7.31. The number of benzene rings is 1. The van der Waals surface area contributed by atoms with Gasteiger partial charge in [0.05, 0.1) is 6.04 Å². The molecule has 0 radical (unpaired) electrons. The van der Waals surface area contributed by atoms with E-state index in [-0.39, 0.29) is 17.9 Å². The molecule has 1 aliphatic rings. The number of thioether (sulfide) groups is 1. The summed E-state index contributed by atoms with van der Waals surface area (Å²) in [6.07, 6.45) is 0.719. The fourth-order valence-electron chi connectivity index (χ4n) is 2.03. The minimum absolute atomic E-state index is 0.0532. The van der Waals surface area contributed by atoms with Crippen LogP contribution in [0.2, 0.25) is 0 Å². The third-order valence-electron chi connectivity index (χ3n) is 3.16. The Balaban J connectivity index is 1.81. The van der Waals surface area contributed by atoms with Crippen LogP contribution in [-0.2, 0) is 11.2 Å². The maximum Gasteiger partial charge on any atom is 0.251 e. The van der Waals surface area contributed by atoms with Crippen molar-refractivity contribution in [3.05, 3.63) is 35.4 Å². The van der Waals surface area contributed by atoms with Crippen LogP contribution in [0.1, 0.15) is 15.9 Å². The predicted molar refractivity (Wildman–Crippen MR) is 80.8 cm³/mol. The zero-order chi connectivity index (χ0) is 14.4. The highest BCUT2D eigenvalue weighted by molar-refractivity contribution is 7.99. The molecular formula is C14H19N3O2S. The van der Waals surface area contributed by atoms with E-state index in [1.54, 1.807) is 24.9 Å². The molecule has 0 aromatic heterocycles. The summed E-state index contributed by atoms with van der Waals surface area (Å²) in [6.45, 7) is 0.582. The van der Waals surface area contributed by atoms with Gasteiger partial charge in [0, 0.05) is 30.8 Å². The lowest BCUT2D eigenvalue weighted by Crippen LogP contribution is -2.42. The second-order valence-electron chi connectivity index (χ2n) is 4.59. The fourth-order valence-corrected chi connectivity index (χ4v) is 2.97. The van der Waals surface area contributed by atoms with E-state index in [0.717, 1.165) is 23.6 Å². The van der Waals surface area contributed by atoms with Crippen molar-refractivity contribution in [3.63, 3.8) is 0 Å². The van der Waals surface area contributed by atoms with Crippen LogP contribution in [-0.4, -0.2) is 43.1 Å². The summed E-state index contributed by atoms with van der Waals surface area (Å²) in [4.78, 5) is 23.3. The molecule has 1 heterocycles. The van der Waals surface area contributed by atoms with Crippen LogP contribution in [0.15, 0.2) is 24.3 Å². The predicted octanol–water partition coefficient (Wildman–Crippen LogP) is 0.367. The second-order valence-corrected chi connectivity index (χ2v) is 5.62. The topological polar surface area (TPSA) is 70.2 Å². The Morgan fingerprint density at radius 3 is 3.00 bits per heavy atom. The van der Waals surface area contributed by atoms with Gasteiger partial charge < -0.3 is 10.6 Å². The molecule has 6 heteroatoms. The number of hydrogen-bond donors (Lipinski definition) is 3. The molecule has 2 rings (SSSR count). The Bertz CT molecular complexity index is 487. The quantitative estimate of drug-likeness (QED) is 0.733. The van der Waals surface area contributed by atoms with E-state index in [1.807, 2.05) is 18.2 Å². The van der Waals surface area contributed by atoms with Crippen LogP contribution in [0, 0.1) is 0 Å². The van der Waals surface area contributed by atoms with Gasteiger partial charge in [0.1, 0.15) is 0 Å². The first-order valence-corrected chi connectivity index (χ1v) is 7.76. The van der Waals surface area contributed by atoms with Crippen LogP contribution < -0.4 is 16.0 Å². The molecule has 108 valence electrons. The van der Waals surface area contributed by atoms with E-state index in [4.69, 9.17) is 0 Å². The van der Waals surface area contributed by atoms with Crippen LogP contribution in [0.5, 0.6) is 0 Å². The summed E-state index contributed by atoms with van der Waals surface area (Å²) in [5.74, 6) is 1.63. The Kier molecular flexibility index (Phi) is 5.43. The van der Waals surface area contributed by atoms with Gasteiger partial charge in [0.2, 0.25) is 5.91 Å². The zero-order valence-corrected chi connectivity index (χ0v) is 12.3. The van der Waals surface area contributed by atoms with Crippen molar-refractivity contribution in [2.45, 2.75) is 12.5 Å². The van der Waals surface area contributed by atoms with Crippen molar-refractivity contribution in [1.82, 2.24) is 16.0 Å². The largest absolute Gasteiger partial charge is 0.355 e. The number of rotatable bonds is 5. The summed E-state index contributed by atoms with van der Waals surface area (Å²) < 4.78 is 0. The molecule has 2 amide bonds. The van der Waals surface area contributed by atoms with E-state index in [1.165, 1.54) is 0 Å². The summed E-state index contributed by atoms with van der Waals surface area (Å²) >= 11 is 1.73. The molecule has 5 nitrogen and oxygen atoms in total. The van der Waals surface area contributed by atoms with Crippen molar-refractivity contribution in [1.29, 1.82) is 0 Å². The van der Waals surface area contributed by atoms with Crippen LogP contribution in [0.25, 0.3) is 0 Å². The number of hydrogen-bond acceptors (Lipinski definition) is 4. The van der Waals surface area contributed by atoms with Crippen LogP contribution >= 0.6 is 11.8 Å². The monoisotopic (exact) mass is 293 g/mol. The summed E-state index contributed by atoms with van der Waals surface area (Å²) in [6, 6.07) is 7.38. The number of nitrogens with one attached hydrogen (secondary N) is 3. The van der Waals surface area contributed by atoms with Crippen molar-refractivity contribution < 1.29 is 9.59 Å². The molecule has 0 spiro atoms. The number of amides is 2. The minimum atomic E-state index is -0.0944. The molecule has 20 heavy (non-hydrogen) atoms. The maximum atomic E-state index is 11.8. The summed E-state index contributed by atoms with van der Waals surface area (Å²) in [5.41, 5.74) is 1.69. The lowest BCUT2D eigenvalue weighted by molar-refractivity contribution is -0.122. The van der Waals surface area contributed by atoms with Crippen molar-refractivity contribution in [3.8, 4) is 0 Å². The van der Waals surface area contributed by atoms with Gasteiger partial charge in [0.25, 0.3) is 5.91 Å². The Morgan fingerprint density at radius 2 is 2.30 bits per heavy atom. The van der Waals surface area contributed by atoms with Gasteiger partial charge in [-0.15, -0.1) is 11.8 Å². The van der Waals surface area contributed by atoms with Crippen LogP contribution in [0.3, 0.4) is 0 Å². The van der Waals surface area contributed by atoms with Gasteiger partial charge in [-0.1, -0.05) is 12.1 Å². The van der Waals surface area contributed by atoms with Crippen LogP contribution in [0.4, 0.5) is 0 Å². The van der Waals surface area contributed by atoms with Gasteiger partial charge in [-0.25, -0.2) is 0 Å². The average molecular weight is 293 g/mol. The first kappa shape index (κ1) is 14.9. The first-order chi connectivity index (χ1) is 9.70. The molecule has 1 saturated heterocycles. The highest BCUT2D eigenvalue weighted by Gasteiger charge is 2.21. The molecule has 1 aliphatic heterocycles. The van der Waals surface area contributed by atoms with Gasteiger partial charge in [-0.05, 0) is 24.1 Å².